The highest BCUT2D eigenvalue weighted by Crippen LogP contribution is 2.26. The van der Waals surface area contributed by atoms with Gasteiger partial charge in [-0.3, -0.25) is 4.79 Å². The Kier molecular flexibility index (Phi) is 4.68. The van der Waals surface area contributed by atoms with Gasteiger partial charge >= 0.3 is 0 Å². The highest BCUT2D eigenvalue weighted by molar-refractivity contribution is 7.99. The molecule has 0 saturated carbocycles. The number of carbonyl (C=O) groups is 1. The molecule has 0 saturated heterocycles. The van der Waals surface area contributed by atoms with Crippen LogP contribution >= 0.6 is 11.8 Å². The molecule has 2 aromatic heterocycles. The minimum Gasteiger partial charge on any atom is -0.410 e. The number of carbonyl (C=O) groups excluding carboxylic acids is 1. The fourth-order valence-corrected chi connectivity index (χ4v) is 3.44. The van der Waals surface area contributed by atoms with Crippen molar-refractivity contribution < 1.29 is 9.21 Å². The van der Waals surface area contributed by atoms with Crippen molar-refractivity contribution in [2.45, 2.75) is 19.1 Å². The maximum atomic E-state index is 12.3. The standard InChI is InChI=1S/C20H18N4O2S/c1-12-6-5-7-13(2)18(12)22-17(25)11-27-20-24-23-19(26-20)16-10-14-8-3-4-9-15(14)21-16/h3-10,21H,11H2,1-2H3,(H,22,25). The van der Waals surface area contributed by atoms with E-state index in [1.54, 1.807) is 0 Å². The van der Waals surface area contributed by atoms with E-state index in [9.17, 15) is 4.79 Å². The molecule has 2 heterocycles. The van der Waals surface area contributed by atoms with E-state index in [0.29, 0.717) is 11.1 Å². The Morgan fingerprint density at radius 1 is 1.11 bits per heavy atom. The number of nitrogens with one attached hydrogen (secondary N) is 2. The smallest absolute Gasteiger partial charge is 0.277 e. The number of benzene rings is 2. The third-order valence-electron chi connectivity index (χ3n) is 4.24. The third-order valence-corrected chi connectivity index (χ3v) is 5.06. The number of hydrogen-bond donors (Lipinski definition) is 2. The molecule has 0 bridgehead atoms. The summed E-state index contributed by atoms with van der Waals surface area (Å²) in [6.07, 6.45) is 0. The second-order valence-corrected chi connectivity index (χ2v) is 7.17. The van der Waals surface area contributed by atoms with E-state index in [1.807, 2.05) is 62.4 Å². The number of hydrogen-bond acceptors (Lipinski definition) is 5. The molecule has 0 aliphatic heterocycles. The lowest BCUT2D eigenvalue weighted by atomic mass is 10.1. The molecule has 0 unspecified atom stereocenters. The predicted molar refractivity (Wildman–Crippen MR) is 107 cm³/mol. The lowest BCUT2D eigenvalue weighted by molar-refractivity contribution is -0.113. The molecule has 0 spiro atoms. The summed E-state index contributed by atoms with van der Waals surface area (Å²) < 4.78 is 5.68. The molecule has 0 atom stereocenters. The van der Waals surface area contributed by atoms with E-state index >= 15 is 0 Å². The maximum absolute atomic E-state index is 12.3. The number of nitrogens with zero attached hydrogens (tertiary/aromatic N) is 2. The van der Waals surface area contributed by atoms with Gasteiger partial charge in [-0.25, -0.2) is 0 Å². The average Bonchev–Trinajstić information content (AvgIpc) is 3.29. The van der Waals surface area contributed by atoms with E-state index in [4.69, 9.17) is 4.42 Å². The first-order valence-corrected chi connectivity index (χ1v) is 9.49. The van der Waals surface area contributed by atoms with Gasteiger partial charge in [0.1, 0.15) is 5.69 Å². The van der Waals surface area contributed by atoms with Gasteiger partial charge < -0.3 is 14.7 Å². The summed E-state index contributed by atoms with van der Waals surface area (Å²) in [5, 5.41) is 12.5. The van der Waals surface area contributed by atoms with Crippen LogP contribution in [0.1, 0.15) is 11.1 Å². The first-order chi connectivity index (χ1) is 13.1. The normalized spacial score (nSPS) is 11.0. The molecular formula is C20H18N4O2S. The number of thioether (sulfide) groups is 1. The Labute approximate surface area is 160 Å². The van der Waals surface area contributed by atoms with Crippen molar-refractivity contribution in [3.63, 3.8) is 0 Å². The topological polar surface area (TPSA) is 83.8 Å². The molecule has 0 radical (unpaired) electrons. The molecule has 0 aliphatic rings. The van der Waals surface area contributed by atoms with Crippen LogP contribution in [0.5, 0.6) is 0 Å². The zero-order valence-electron chi connectivity index (χ0n) is 14.9. The number of rotatable bonds is 5. The van der Waals surface area contributed by atoms with Gasteiger partial charge in [-0.05, 0) is 37.1 Å². The van der Waals surface area contributed by atoms with Crippen LogP contribution in [0.15, 0.2) is 58.2 Å². The number of fused-ring (bicyclic) bond motifs is 1. The van der Waals surface area contributed by atoms with Gasteiger partial charge in [0, 0.05) is 16.6 Å². The predicted octanol–water partition coefficient (Wildman–Crippen LogP) is 4.57. The van der Waals surface area contributed by atoms with Crippen molar-refractivity contribution in [1.29, 1.82) is 0 Å². The SMILES string of the molecule is Cc1cccc(C)c1NC(=O)CSc1nnc(-c2cc3ccccc3[nH]2)o1. The van der Waals surface area contributed by atoms with Crippen LogP contribution in [0.2, 0.25) is 0 Å². The average molecular weight is 378 g/mol. The number of anilines is 1. The second kappa shape index (κ2) is 7.28. The van der Waals surface area contributed by atoms with Gasteiger partial charge in [0.15, 0.2) is 0 Å². The first-order valence-electron chi connectivity index (χ1n) is 8.50. The van der Waals surface area contributed by atoms with Gasteiger partial charge in [-0.2, -0.15) is 0 Å². The van der Waals surface area contributed by atoms with Gasteiger partial charge in [0.2, 0.25) is 5.91 Å². The summed E-state index contributed by atoms with van der Waals surface area (Å²) >= 11 is 1.22. The lowest BCUT2D eigenvalue weighted by Gasteiger charge is -2.10. The molecule has 4 aromatic rings. The van der Waals surface area contributed by atoms with Crippen LogP contribution in [0.4, 0.5) is 5.69 Å². The summed E-state index contributed by atoms with van der Waals surface area (Å²) in [7, 11) is 0. The van der Waals surface area contributed by atoms with E-state index in [1.165, 1.54) is 11.8 Å². The number of H-pyrrole nitrogens is 1. The molecule has 2 N–H and O–H groups in total. The lowest BCUT2D eigenvalue weighted by Crippen LogP contribution is -2.15. The number of aromatic amines is 1. The van der Waals surface area contributed by atoms with Gasteiger partial charge in [-0.15, -0.1) is 10.2 Å². The number of aryl methyl sites for hydroxylation is 2. The van der Waals surface area contributed by atoms with Crippen LogP contribution < -0.4 is 5.32 Å². The Balaban J connectivity index is 1.41. The fourth-order valence-electron chi connectivity index (χ4n) is 2.88. The monoisotopic (exact) mass is 378 g/mol. The van der Waals surface area contributed by atoms with Crippen LogP contribution in [-0.4, -0.2) is 26.8 Å². The van der Waals surface area contributed by atoms with Crippen molar-refractivity contribution in [2.75, 3.05) is 11.1 Å². The molecule has 136 valence electrons. The fraction of sp³-hybridized carbons (Fsp3) is 0.150. The van der Waals surface area contributed by atoms with Gasteiger partial charge in [-0.1, -0.05) is 48.2 Å². The van der Waals surface area contributed by atoms with E-state index in [2.05, 4.69) is 20.5 Å². The van der Waals surface area contributed by atoms with Crippen molar-refractivity contribution in [2.24, 2.45) is 0 Å². The summed E-state index contributed by atoms with van der Waals surface area (Å²) in [6, 6.07) is 15.8. The summed E-state index contributed by atoms with van der Waals surface area (Å²) in [4.78, 5) is 15.5. The molecular weight excluding hydrogens is 360 g/mol. The molecule has 1 amide bonds. The second-order valence-electron chi connectivity index (χ2n) is 6.25. The quantitative estimate of drug-likeness (QED) is 0.497. The van der Waals surface area contributed by atoms with Crippen molar-refractivity contribution in [1.82, 2.24) is 15.2 Å². The molecule has 2 aromatic carbocycles. The maximum Gasteiger partial charge on any atom is 0.277 e. The van der Waals surface area contributed by atoms with Crippen LogP contribution in [0, 0.1) is 13.8 Å². The number of para-hydroxylation sites is 2. The highest BCUT2D eigenvalue weighted by atomic mass is 32.2. The largest absolute Gasteiger partial charge is 0.410 e. The Morgan fingerprint density at radius 3 is 2.67 bits per heavy atom. The van der Waals surface area contributed by atoms with Crippen LogP contribution in [-0.2, 0) is 4.79 Å². The molecule has 6 nitrogen and oxygen atoms in total. The molecule has 4 rings (SSSR count). The van der Waals surface area contributed by atoms with Gasteiger partial charge in [0.05, 0.1) is 5.75 Å². The minimum absolute atomic E-state index is 0.109. The van der Waals surface area contributed by atoms with Crippen molar-refractivity contribution >= 4 is 34.3 Å². The van der Waals surface area contributed by atoms with Crippen molar-refractivity contribution in [3.8, 4) is 11.6 Å². The Bertz CT molecular complexity index is 1060. The number of amides is 1. The zero-order chi connectivity index (χ0) is 18.8. The first kappa shape index (κ1) is 17.4. The van der Waals surface area contributed by atoms with Crippen LogP contribution in [0.3, 0.4) is 0 Å². The van der Waals surface area contributed by atoms with Crippen LogP contribution in [0.25, 0.3) is 22.5 Å². The van der Waals surface area contributed by atoms with E-state index in [-0.39, 0.29) is 11.7 Å². The molecule has 0 fully saturated rings. The molecule has 0 aliphatic carbocycles. The zero-order valence-corrected chi connectivity index (χ0v) is 15.8. The number of aromatic nitrogens is 3. The summed E-state index contributed by atoms with van der Waals surface area (Å²) in [5.74, 6) is 0.494. The molecule has 27 heavy (non-hydrogen) atoms. The Morgan fingerprint density at radius 2 is 1.89 bits per heavy atom. The minimum atomic E-state index is -0.109. The Hall–Kier alpha value is -3.06. The highest BCUT2D eigenvalue weighted by Gasteiger charge is 2.14. The van der Waals surface area contributed by atoms with Crippen molar-refractivity contribution in [3.05, 3.63) is 59.7 Å². The van der Waals surface area contributed by atoms with Gasteiger partial charge in [0.25, 0.3) is 11.1 Å². The summed E-state index contributed by atoms with van der Waals surface area (Å²) in [6.45, 7) is 3.95. The molecule has 7 heteroatoms. The summed E-state index contributed by atoms with van der Waals surface area (Å²) in [5.41, 5.74) is 4.69. The van der Waals surface area contributed by atoms with E-state index in [0.717, 1.165) is 33.4 Å². The van der Waals surface area contributed by atoms with E-state index < -0.39 is 0 Å². The third kappa shape index (κ3) is 3.73.